The Kier molecular flexibility index (Phi) is 9.13. The van der Waals surface area contributed by atoms with Crippen LogP contribution in [0, 0.1) is 0 Å². The normalized spacial score (nSPS) is 21.8. The molecule has 3 rings (SSSR count). The standard InChI is InChI=1S/C21H35N3O4/c1-22-21(23-10-5-13-25-16-19-7-4-15-27-19)24-11-8-18(9-12-24)28-17-20-6-2-3-14-26-20/h4,7,15,18,20H,2-3,5-6,8-14,16-17H2,1H3,(H,22,23). The molecule has 7 heteroatoms. The van der Waals surface area contributed by atoms with Crippen LogP contribution in [0.3, 0.4) is 0 Å². The minimum Gasteiger partial charge on any atom is -0.467 e. The molecule has 7 nitrogen and oxygen atoms in total. The predicted molar refractivity (Wildman–Crippen MR) is 108 cm³/mol. The Morgan fingerprint density at radius 2 is 2.18 bits per heavy atom. The van der Waals surface area contributed by atoms with Crippen LogP contribution in [-0.2, 0) is 20.8 Å². The van der Waals surface area contributed by atoms with E-state index in [0.717, 1.165) is 70.3 Å². The van der Waals surface area contributed by atoms with Crippen molar-refractivity contribution in [3.63, 3.8) is 0 Å². The van der Waals surface area contributed by atoms with Gasteiger partial charge in [-0.1, -0.05) is 0 Å². The van der Waals surface area contributed by atoms with Crippen LogP contribution >= 0.6 is 0 Å². The molecular formula is C21H35N3O4. The molecule has 2 fully saturated rings. The van der Waals surface area contributed by atoms with E-state index in [4.69, 9.17) is 18.6 Å². The maximum atomic E-state index is 6.10. The fourth-order valence-corrected chi connectivity index (χ4v) is 3.69. The van der Waals surface area contributed by atoms with Gasteiger partial charge in [0.25, 0.3) is 0 Å². The quantitative estimate of drug-likeness (QED) is 0.395. The van der Waals surface area contributed by atoms with E-state index in [-0.39, 0.29) is 0 Å². The van der Waals surface area contributed by atoms with Gasteiger partial charge in [0.1, 0.15) is 12.4 Å². The van der Waals surface area contributed by atoms with Crippen LogP contribution < -0.4 is 5.32 Å². The van der Waals surface area contributed by atoms with Gasteiger partial charge in [-0.2, -0.15) is 0 Å². The predicted octanol–water partition coefficient (Wildman–Crippen LogP) is 2.81. The molecule has 1 aromatic heterocycles. The average molecular weight is 394 g/mol. The van der Waals surface area contributed by atoms with Crippen LogP contribution in [0.4, 0.5) is 0 Å². The molecule has 0 aliphatic carbocycles. The Labute approximate surface area is 168 Å². The Bertz CT molecular complexity index is 550. The van der Waals surface area contributed by atoms with Crippen molar-refractivity contribution in [2.75, 3.05) is 46.5 Å². The van der Waals surface area contributed by atoms with Crippen LogP contribution in [0.25, 0.3) is 0 Å². The number of guanidine groups is 1. The summed E-state index contributed by atoms with van der Waals surface area (Å²) >= 11 is 0. The molecule has 0 spiro atoms. The molecule has 158 valence electrons. The highest BCUT2D eigenvalue weighted by Gasteiger charge is 2.23. The average Bonchev–Trinajstić information content (AvgIpc) is 3.27. The zero-order valence-electron chi connectivity index (χ0n) is 17.1. The monoisotopic (exact) mass is 393 g/mol. The van der Waals surface area contributed by atoms with E-state index in [9.17, 15) is 0 Å². The van der Waals surface area contributed by atoms with Gasteiger partial charge < -0.3 is 28.8 Å². The third kappa shape index (κ3) is 7.11. The number of hydrogen-bond acceptors (Lipinski definition) is 5. The summed E-state index contributed by atoms with van der Waals surface area (Å²) in [5.41, 5.74) is 0. The first-order valence-corrected chi connectivity index (χ1v) is 10.6. The van der Waals surface area contributed by atoms with Gasteiger partial charge in [0, 0.05) is 39.9 Å². The SMILES string of the molecule is CN=C(NCCCOCc1ccco1)N1CCC(OCC2CCCCO2)CC1. The number of furan rings is 1. The maximum Gasteiger partial charge on any atom is 0.193 e. The van der Waals surface area contributed by atoms with E-state index in [1.165, 1.54) is 12.8 Å². The molecule has 0 saturated carbocycles. The van der Waals surface area contributed by atoms with Crippen LogP contribution in [0.2, 0.25) is 0 Å². The Morgan fingerprint density at radius 1 is 1.29 bits per heavy atom. The van der Waals surface area contributed by atoms with E-state index in [1.54, 1.807) is 6.26 Å². The molecule has 28 heavy (non-hydrogen) atoms. The second-order valence-electron chi connectivity index (χ2n) is 7.47. The number of nitrogens with one attached hydrogen (secondary N) is 1. The van der Waals surface area contributed by atoms with Crippen molar-refractivity contribution < 1.29 is 18.6 Å². The number of nitrogens with zero attached hydrogens (tertiary/aromatic N) is 2. The number of aliphatic imine (C=N–C) groups is 1. The second kappa shape index (κ2) is 12.1. The molecule has 0 radical (unpaired) electrons. The van der Waals surface area contributed by atoms with Gasteiger partial charge in [-0.3, -0.25) is 4.99 Å². The molecule has 0 amide bonds. The fourth-order valence-electron chi connectivity index (χ4n) is 3.69. The molecular weight excluding hydrogens is 358 g/mol. The number of likely N-dealkylation sites (tertiary alicyclic amines) is 1. The summed E-state index contributed by atoms with van der Waals surface area (Å²) in [5, 5.41) is 3.44. The van der Waals surface area contributed by atoms with Gasteiger partial charge in [0.15, 0.2) is 5.96 Å². The van der Waals surface area contributed by atoms with Gasteiger partial charge in [0.05, 0.1) is 25.1 Å². The van der Waals surface area contributed by atoms with Gasteiger partial charge in [-0.05, 0) is 50.7 Å². The van der Waals surface area contributed by atoms with Crippen molar-refractivity contribution >= 4 is 5.96 Å². The lowest BCUT2D eigenvalue weighted by atomic mass is 10.1. The first-order chi connectivity index (χ1) is 13.8. The topological polar surface area (TPSA) is 68.5 Å². The van der Waals surface area contributed by atoms with Crippen molar-refractivity contribution in [2.24, 2.45) is 4.99 Å². The fraction of sp³-hybridized carbons (Fsp3) is 0.762. The number of hydrogen-bond donors (Lipinski definition) is 1. The first-order valence-electron chi connectivity index (χ1n) is 10.6. The molecule has 1 atom stereocenters. The largest absolute Gasteiger partial charge is 0.467 e. The smallest absolute Gasteiger partial charge is 0.193 e. The number of piperidine rings is 1. The summed E-state index contributed by atoms with van der Waals surface area (Å²) in [7, 11) is 1.85. The molecule has 1 aromatic rings. The summed E-state index contributed by atoms with van der Waals surface area (Å²) in [4.78, 5) is 6.75. The van der Waals surface area contributed by atoms with Crippen LogP contribution in [-0.4, -0.2) is 69.6 Å². The molecule has 2 saturated heterocycles. The first kappa shape index (κ1) is 21.1. The second-order valence-corrected chi connectivity index (χ2v) is 7.47. The van der Waals surface area contributed by atoms with Crippen molar-refractivity contribution in [3.8, 4) is 0 Å². The zero-order chi connectivity index (χ0) is 19.4. The molecule has 0 bridgehead atoms. The summed E-state index contributed by atoms with van der Waals surface area (Å²) in [6.07, 6.45) is 8.92. The van der Waals surface area contributed by atoms with Crippen LogP contribution in [0.1, 0.15) is 44.3 Å². The molecule has 1 N–H and O–H groups in total. The van der Waals surface area contributed by atoms with Crippen molar-refractivity contribution in [1.82, 2.24) is 10.2 Å². The van der Waals surface area contributed by atoms with Crippen LogP contribution in [0.15, 0.2) is 27.8 Å². The van der Waals surface area contributed by atoms with Crippen molar-refractivity contribution in [1.29, 1.82) is 0 Å². The molecule has 0 aromatic carbocycles. The Balaban J connectivity index is 1.24. The number of rotatable bonds is 9. The van der Waals surface area contributed by atoms with Gasteiger partial charge in [-0.25, -0.2) is 0 Å². The lowest BCUT2D eigenvalue weighted by Crippen LogP contribution is -2.47. The third-order valence-corrected chi connectivity index (χ3v) is 5.32. The Hall–Kier alpha value is -1.57. The van der Waals surface area contributed by atoms with Gasteiger partial charge >= 0.3 is 0 Å². The molecule has 2 aliphatic heterocycles. The van der Waals surface area contributed by atoms with E-state index < -0.39 is 0 Å². The van der Waals surface area contributed by atoms with E-state index in [0.29, 0.717) is 25.4 Å². The lowest BCUT2D eigenvalue weighted by molar-refractivity contribution is -0.0721. The van der Waals surface area contributed by atoms with E-state index >= 15 is 0 Å². The summed E-state index contributed by atoms with van der Waals surface area (Å²) in [5.74, 6) is 1.84. The zero-order valence-corrected chi connectivity index (χ0v) is 17.1. The summed E-state index contributed by atoms with van der Waals surface area (Å²) in [6, 6.07) is 3.80. The maximum absolute atomic E-state index is 6.10. The minimum atomic E-state index is 0.302. The van der Waals surface area contributed by atoms with E-state index in [2.05, 4.69) is 15.2 Å². The number of ether oxygens (including phenoxy) is 3. The van der Waals surface area contributed by atoms with Crippen molar-refractivity contribution in [3.05, 3.63) is 24.2 Å². The molecule has 3 heterocycles. The van der Waals surface area contributed by atoms with Gasteiger partial charge in [0.2, 0.25) is 0 Å². The summed E-state index contributed by atoms with van der Waals surface area (Å²) in [6.45, 7) is 5.67. The van der Waals surface area contributed by atoms with E-state index in [1.807, 2.05) is 19.2 Å². The highest BCUT2D eigenvalue weighted by Crippen LogP contribution is 2.18. The minimum absolute atomic E-state index is 0.302. The highest BCUT2D eigenvalue weighted by atomic mass is 16.5. The third-order valence-electron chi connectivity index (χ3n) is 5.32. The van der Waals surface area contributed by atoms with Crippen LogP contribution in [0.5, 0.6) is 0 Å². The molecule has 1 unspecified atom stereocenters. The summed E-state index contributed by atoms with van der Waals surface area (Å²) < 4.78 is 22.7. The Morgan fingerprint density at radius 3 is 2.89 bits per heavy atom. The van der Waals surface area contributed by atoms with Crippen molar-refractivity contribution in [2.45, 2.75) is 57.3 Å². The lowest BCUT2D eigenvalue weighted by Gasteiger charge is -2.35. The van der Waals surface area contributed by atoms with Gasteiger partial charge in [-0.15, -0.1) is 0 Å². The highest BCUT2D eigenvalue weighted by molar-refractivity contribution is 5.79. The molecule has 2 aliphatic rings.